The number of para-hydroxylation sites is 1. The monoisotopic (exact) mass is 401 g/mol. The molecule has 2 N–H and O–H groups in total. The lowest BCUT2D eigenvalue weighted by Crippen LogP contribution is -2.49. The van der Waals surface area contributed by atoms with Gasteiger partial charge in [0.15, 0.2) is 0 Å². The van der Waals surface area contributed by atoms with Crippen LogP contribution in [0.3, 0.4) is 0 Å². The number of piperidine rings is 1. The number of hydrogen-bond donors (Lipinski definition) is 2. The van der Waals surface area contributed by atoms with E-state index in [2.05, 4.69) is 15.5 Å². The maximum atomic E-state index is 13.1. The number of ether oxygens (including phenoxy) is 2. The highest BCUT2D eigenvalue weighted by Gasteiger charge is 2.40. The average Bonchev–Trinajstić information content (AvgIpc) is 2.75. The minimum absolute atomic E-state index is 0.0894. The zero-order valence-corrected chi connectivity index (χ0v) is 17.1. The molecule has 1 saturated heterocycles. The van der Waals surface area contributed by atoms with Gasteiger partial charge in [-0.2, -0.15) is 0 Å². The van der Waals surface area contributed by atoms with E-state index < -0.39 is 5.41 Å². The predicted octanol–water partition coefficient (Wildman–Crippen LogP) is 1.60. The Bertz CT molecular complexity index is 727. The fraction of sp³-hybridized carbons (Fsp3) is 0.545. The number of carbonyl (C=O) groups excluding carboxylic acids is 2. The van der Waals surface area contributed by atoms with Crippen LogP contribution in [0.1, 0.15) is 29.6 Å². The maximum Gasteiger partial charge on any atom is 0.255 e. The number of fused-ring (bicyclic) bond motifs is 1. The first-order valence-corrected chi connectivity index (χ1v) is 10.3. The molecular formula is C22H31N3O4. The van der Waals surface area contributed by atoms with Crippen molar-refractivity contribution in [3.8, 4) is 5.75 Å². The fourth-order valence-electron chi connectivity index (χ4n) is 3.88. The molecule has 0 bridgehead atoms. The summed E-state index contributed by atoms with van der Waals surface area (Å²) >= 11 is 0. The highest BCUT2D eigenvalue weighted by Crippen LogP contribution is 2.36. The van der Waals surface area contributed by atoms with Crippen molar-refractivity contribution in [1.29, 1.82) is 0 Å². The highest BCUT2D eigenvalue weighted by molar-refractivity contribution is 5.97. The van der Waals surface area contributed by atoms with Crippen LogP contribution < -0.4 is 15.4 Å². The lowest BCUT2D eigenvalue weighted by molar-refractivity contribution is -0.134. The van der Waals surface area contributed by atoms with E-state index >= 15 is 0 Å². The molecule has 0 aromatic heterocycles. The number of nitrogens with one attached hydrogen (secondary N) is 2. The third kappa shape index (κ3) is 5.58. The molecule has 1 fully saturated rings. The van der Waals surface area contributed by atoms with Crippen molar-refractivity contribution in [2.24, 2.45) is 5.41 Å². The smallest absolute Gasteiger partial charge is 0.255 e. The van der Waals surface area contributed by atoms with Gasteiger partial charge in [-0.3, -0.25) is 9.59 Å². The molecule has 7 nitrogen and oxygen atoms in total. The predicted molar refractivity (Wildman–Crippen MR) is 111 cm³/mol. The molecule has 2 heterocycles. The number of carbonyl (C=O) groups is 2. The Morgan fingerprint density at radius 3 is 2.72 bits per heavy atom. The average molecular weight is 402 g/mol. The number of rotatable bonds is 3. The van der Waals surface area contributed by atoms with Crippen LogP contribution in [0.5, 0.6) is 5.75 Å². The zero-order chi connectivity index (χ0) is 20.5. The molecule has 7 heteroatoms. The molecule has 0 radical (unpaired) electrons. The Morgan fingerprint density at radius 1 is 1.14 bits per heavy atom. The van der Waals surface area contributed by atoms with Crippen LogP contribution in [-0.2, 0) is 9.53 Å². The van der Waals surface area contributed by atoms with Gasteiger partial charge in [-0.05, 0) is 44.5 Å². The van der Waals surface area contributed by atoms with Gasteiger partial charge in [-0.1, -0.05) is 24.3 Å². The maximum absolute atomic E-state index is 13.1. The van der Waals surface area contributed by atoms with Gasteiger partial charge in [0.25, 0.3) is 5.91 Å². The van der Waals surface area contributed by atoms with Crippen LogP contribution in [0.25, 0.3) is 0 Å². The summed E-state index contributed by atoms with van der Waals surface area (Å²) in [5.41, 5.74) is 0.0933. The third-order valence-electron chi connectivity index (χ3n) is 5.74. The van der Waals surface area contributed by atoms with Crippen LogP contribution >= 0.6 is 0 Å². The molecule has 1 aromatic carbocycles. The summed E-state index contributed by atoms with van der Waals surface area (Å²) in [4.78, 5) is 27.8. The van der Waals surface area contributed by atoms with E-state index in [-0.39, 0.29) is 11.8 Å². The summed E-state index contributed by atoms with van der Waals surface area (Å²) in [6.07, 6.45) is 6.24. The SMILES string of the molecule is COCCN1CCC2(C/C=C/CNC(=O)c3ccccc3OCCNC2=O)CC1. The van der Waals surface area contributed by atoms with Gasteiger partial charge < -0.3 is 25.0 Å². The van der Waals surface area contributed by atoms with Crippen molar-refractivity contribution in [2.45, 2.75) is 19.3 Å². The van der Waals surface area contributed by atoms with Crippen LogP contribution in [0.4, 0.5) is 0 Å². The first-order chi connectivity index (χ1) is 14.1. The Kier molecular flexibility index (Phi) is 7.66. The van der Waals surface area contributed by atoms with Crippen molar-refractivity contribution in [2.75, 3.05) is 53.0 Å². The highest BCUT2D eigenvalue weighted by atomic mass is 16.5. The summed E-state index contributed by atoms with van der Waals surface area (Å²) in [5.74, 6) is 0.459. The number of methoxy groups -OCH3 is 1. The molecule has 1 aromatic rings. The number of hydrogen-bond acceptors (Lipinski definition) is 5. The number of benzene rings is 1. The minimum atomic E-state index is -0.411. The standard InChI is InChI=1S/C22H31N3O4/c1-28-17-15-25-13-9-22(10-14-25)8-4-5-11-23-20(26)18-6-2-3-7-19(18)29-16-12-24-21(22)27/h2-7H,8-17H2,1H3,(H,23,26)(H,24,27)/b5-4+. The molecule has 2 amide bonds. The van der Waals surface area contributed by atoms with Gasteiger partial charge in [-0.15, -0.1) is 0 Å². The summed E-state index contributed by atoms with van der Waals surface area (Å²) in [7, 11) is 1.71. The molecule has 0 atom stereocenters. The lowest BCUT2D eigenvalue weighted by atomic mass is 9.74. The van der Waals surface area contributed by atoms with Crippen LogP contribution in [0, 0.1) is 5.41 Å². The Labute approximate surface area is 172 Å². The summed E-state index contributed by atoms with van der Waals surface area (Å²) in [5, 5.41) is 5.95. The Morgan fingerprint density at radius 2 is 1.93 bits per heavy atom. The van der Waals surface area contributed by atoms with Crippen molar-refractivity contribution in [3.63, 3.8) is 0 Å². The van der Waals surface area contributed by atoms with Gasteiger partial charge in [0.2, 0.25) is 5.91 Å². The second-order valence-corrected chi connectivity index (χ2v) is 7.60. The van der Waals surface area contributed by atoms with Crippen LogP contribution in [0.15, 0.2) is 36.4 Å². The largest absolute Gasteiger partial charge is 0.491 e. The van der Waals surface area contributed by atoms with Crippen molar-refractivity contribution >= 4 is 11.8 Å². The quantitative estimate of drug-likeness (QED) is 0.752. The number of nitrogens with zero attached hydrogens (tertiary/aromatic N) is 1. The second-order valence-electron chi connectivity index (χ2n) is 7.60. The molecule has 0 saturated carbocycles. The normalized spacial score (nSPS) is 22.0. The van der Waals surface area contributed by atoms with Gasteiger partial charge in [0.05, 0.1) is 24.1 Å². The van der Waals surface area contributed by atoms with E-state index in [9.17, 15) is 9.59 Å². The van der Waals surface area contributed by atoms with E-state index in [4.69, 9.17) is 9.47 Å². The molecule has 0 unspecified atom stereocenters. The Hall–Kier alpha value is -2.38. The number of likely N-dealkylation sites (tertiary alicyclic amines) is 1. The Balaban J connectivity index is 1.68. The van der Waals surface area contributed by atoms with Crippen LogP contribution in [-0.4, -0.2) is 69.8 Å². The lowest BCUT2D eigenvalue weighted by Gasteiger charge is -2.40. The molecular weight excluding hydrogens is 370 g/mol. The van der Waals surface area contributed by atoms with Gasteiger partial charge in [0.1, 0.15) is 12.4 Å². The summed E-state index contributed by atoms with van der Waals surface area (Å²) in [6.45, 7) is 4.51. The zero-order valence-electron chi connectivity index (χ0n) is 17.1. The molecule has 158 valence electrons. The fourth-order valence-corrected chi connectivity index (χ4v) is 3.88. The van der Waals surface area contributed by atoms with Gasteiger partial charge >= 0.3 is 0 Å². The third-order valence-corrected chi connectivity index (χ3v) is 5.74. The molecule has 0 aliphatic carbocycles. The molecule has 3 rings (SSSR count). The van der Waals surface area contributed by atoms with Crippen molar-refractivity contribution in [1.82, 2.24) is 15.5 Å². The van der Waals surface area contributed by atoms with Gasteiger partial charge in [-0.25, -0.2) is 0 Å². The summed E-state index contributed by atoms with van der Waals surface area (Å²) in [6, 6.07) is 7.16. The van der Waals surface area contributed by atoms with E-state index in [0.29, 0.717) is 44.0 Å². The van der Waals surface area contributed by atoms with E-state index in [1.165, 1.54) is 0 Å². The number of amides is 2. The first kappa shape index (κ1) is 21.3. The van der Waals surface area contributed by atoms with Crippen LogP contribution in [0.2, 0.25) is 0 Å². The summed E-state index contributed by atoms with van der Waals surface area (Å²) < 4.78 is 10.9. The van der Waals surface area contributed by atoms with E-state index in [0.717, 1.165) is 32.5 Å². The number of allylic oxidation sites excluding steroid dienone is 1. The molecule has 29 heavy (non-hydrogen) atoms. The minimum Gasteiger partial charge on any atom is -0.491 e. The molecule has 2 aliphatic rings. The van der Waals surface area contributed by atoms with E-state index in [1.807, 2.05) is 24.3 Å². The van der Waals surface area contributed by atoms with Gasteiger partial charge in [0, 0.05) is 20.2 Å². The first-order valence-electron chi connectivity index (χ1n) is 10.3. The molecule has 1 spiro atoms. The molecule has 2 aliphatic heterocycles. The van der Waals surface area contributed by atoms with Crippen molar-refractivity contribution < 1.29 is 19.1 Å². The topological polar surface area (TPSA) is 79.9 Å². The second kappa shape index (κ2) is 10.4. The van der Waals surface area contributed by atoms with Crippen molar-refractivity contribution in [3.05, 3.63) is 42.0 Å². The van der Waals surface area contributed by atoms with E-state index in [1.54, 1.807) is 19.2 Å².